The lowest BCUT2D eigenvalue weighted by atomic mass is 10.1. The van der Waals surface area contributed by atoms with E-state index in [1.54, 1.807) is 54.5 Å². The minimum atomic E-state index is -3.75. The van der Waals surface area contributed by atoms with Gasteiger partial charge in [0.15, 0.2) is 0 Å². The zero-order valence-electron chi connectivity index (χ0n) is 17.1. The lowest BCUT2D eigenvalue weighted by Gasteiger charge is -2.31. The number of hydrogen-bond acceptors (Lipinski definition) is 5. The summed E-state index contributed by atoms with van der Waals surface area (Å²) in [4.78, 5) is 17.2. The van der Waals surface area contributed by atoms with Crippen molar-refractivity contribution in [3.63, 3.8) is 0 Å². The molecule has 0 aromatic heterocycles. The molecule has 0 bridgehead atoms. The lowest BCUT2D eigenvalue weighted by molar-refractivity contribution is -0.134. The molecule has 0 unspecified atom stereocenters. The maximum absolute atomic E-state index is 13.4. The van der Waals surface area contributed by atoms with E-state index < -0.39 is 16.2 Å². The normalized spacial score (nSPS) is 20.6. The van der Waals surface area contributed by atoms with E-state index in [1.165, 1.54) is 4.31 Å². The van der Waals surface area contributed by atoms with Crippen molar-refractivity contribution in [1.29, 1.82) is 0 Å². The van der Waals surface area contributed by atoms with E-state index >= 15 is 0 Å². The molecule has 0 spiro atoms. The molecule has 0 radical (unpaired) electrons. The third-order valence-corrected chi connectivity index (χ3v) is 7.64. The molecule has 0 N–H and O–H groups in total. The fraction of sp³-hybridized carbons (Fsp3) is 0.409. The number of amides is 1. The van der Waals surface area contributed by atoms with Gasteiger partial charge in [0.05, 0.1) is 18.6 Å². The second-order valence-corrected chi connectivity index (χ2v) is 9.54. The van der Waals surface area contributed by atoms with Crippen LogP contribution in [-0.2, 0) is 14.8 Å². The van der Waals surface area contributed by atoms with Gasteiger partial charge in [0.1, 0.15) is 11.9 Å². The molecule has 160 valence electrons. The third-order valence-electron chi connectivity index (χ3n) is 5.77. The van der Waals surface area contributed by atoms with E-state index in [1.807, 2.05) is 12.1 Å². The van der Waals surface area contributed by atoms with Gasteiger partial charge in [0.2, 0.25) is 15.9 Å². The van der Waals surface area contributed by atoms with Crippen LogP contribution in [0, 0.1) is 0 Å². The summed E-state index contributed by atoms with van der Waals surface area (Å²) in [6, 6.07) is 15.6. The Morgan fingerprint density at radius 3 is 2.27 bits per heavy atom. The van der Waals surface area contributed by atoms with Gasteiger partial charge in [0.25, 0.3) is 0 Å². The van der Waals surface area contributed by atoms with Crippen LogP contribution in [0.1, 0.15) is 24.6 Å². The second kappa shape index (κ2) is 8.75. The van der Waals surface area contributed by atoms with Gasteiger partial charge < -0.3 is 9.64 Å². The van der Waals surface area contributed by atoms with Crippen LogP contribution < -0.4 is 4.74 Å². The summed E-state index contributed by atoms with van der Waals surface area (Å²) in [5, 5.41) is 0. The van der Waals surface area contributed by atoms with E-state index in [9.17, 15) is 13.2 Å². The van der Waals surface area contributed by atoms with E-state index in [-0.39, 0.29) is 17.3 Å². The molecular formula is C22H27N3O4S. The third kappa shape index (κ3) is 4.08. The molecule has 0 saturated carbocycles. The highest BCUT2D eigenvalue weighted by Gasteiger charge is 2.43. The molecule has 7 nitrogen and oxygen atoms in total. The number of carbonyl (C=O) groups excluding carboxylic acids is 1. The molecule has 8 heteroatoms. The first-order valence-corrected chi connectivity index (χ1v) is 11.7. The molecule has 2 aromatic carbocycles. The predicted octanol–water partition coefficient (Wildman–Crippen LogP) is 2.32. The number of rotatable bonds is 6. The Morgan fingerprint density at radius 2 is 1.63 bits per heavy atom. The Bertz CT molecular complexity index is 973. The maximum Gasteiger partial charge on any atom is 0.245 e. The van der Waals surface area contributed by atoms with Crippen LogP contribution in [0.2, 0.25) is 0 Å². The summed E-state index contributed by atoms with van der Waals surface area (Å²) in [5.41, 5.74) is 0.752. The Kier molecular flexibility index (Phi) is 6.08. The standard InChI is InChI=1S/C22H27N3O4S/c1-29-19-11-9-18(10-12-19)22-24(21(26)17-23-13-5-6-14-23)15-16-25(22)30(27,28)20-7-3-2-4-8-20/h2-4,7-12,22H,5-6,13-17H2,1H3/t22-/m0/s1. The molecule has 2 fully saturated rings. The molecule has 30 heavy (non-hydrogen) atoms. The molecular weight excluding hydrogens is 402 g/mol. The monoisotopic (exact) mass is 429 g/mol. The Hall–Kier alpha value is -2.42. The van der Waals surface area contributed by atoms with Gasteiger partial charge in [-0.1, -0.05) is 30.3 Å². The van der Waals surface area contributed by atoms with E-state index in [4.69, 9.17) is 4.74 Å². The average molecular weight is 430 g/mol. The number of nitrogens with zero attached hydrogens (tertiary/aromatic N) is 3. The van der Waals surface area contributed by atoms with Gasteiger partial charge in [-0.2, -0.15) is 4.31 Å². The highest BCUT2D eigenvalue weighted by Crippen LogP contribution is 2.35. The summed E-state index contributed by atoms with van der Waals surface area (Å²) in [6.45, 7) is 2.79. The molecule has 2 aliphatic rings. The average Bonchev–Trinajstić information content (AvgIpc) is 3.44. The fourth-order valence-corrected chi connectivity index (χ4v) is 5.78. The number of benzene rings is 2. The summed E-state index contributed by atoms with van der Waals surface area (Å²) in [6.07, 6.45) is 1.53. The largest absolute Gasteiger partial charge is 0.497 e. The van der Waals surface area contributed by atoms with Crippen LogP contribution in [0.25, 0.3) is 0 Å². The smallest absolute Gasteiger partial charge is 0.245 e. The number of sulfonamides is 1. The van der Waals surface area contributed by atoms with Crippen molar-refractivity contribution >= 4 is 15.9 Å². The minimum absolute atomic E-state index is 0.0384. The van der Waals surface area contributed by atoms with Gasteiger partial charge in [-0.05, 0) is 55.8 Å². The first kappa shape index (κ1) is 20.8. The number of methoxy groups -OCH3 is 1. The quantitative estimate of drug-likeness (QED) is 0.705. The number of hydrogen-bond donors (Lipinski definition) is 0. The van der Waals surface area contributed by atoms with Crippen molar-refractivity contribution < 1.29 is 17.9 Å². The van der Waals surface area contributed by atoms with Crippen LogP contribution >= 0.6 is 0 Å². The molecule has 2 aliphatic heterocycles. The predicted molar refractivity (Wildman–Crippen MR) is 113 cm³/mol. The van der Waals surface area contributed by atoms with E-state index in [0.29, 0.717) is 18.8 Å². The van der Waals surface area contributed by atoms with Gasteiger partial charge in [0, 0.05) is 13.1 Å². The van der Waals surface area contributed by atoms with Gasteiger partial charge >= 0.3 is 0 Å². The van der Waals surface area contributed by atoms with Gasteiger partial charge in [-0.3, -0.25) is 9.69 Å². The minimum Gasteiger partial charge on any atom is -0.497 e. The van der Waals surface area contributed by atoms with Crippen molar-refractivity contribution in [3.05, 3.63) is 60.2 Å². The zero-order chi connectivity index (χ0) is 21.1. The highest BCUT2D eigenvalue weighted by molar-refractivity contribution is 7.89. The topological polar surface area (TPSA) is 70.2 Å². The van der Waals surface area contributed by atoms with Crippen molar-refractivity contribution in [2.24, 2.45) is 0 Å². The number of carbonyl (C=O) groups is 1. The van der Waals surface area contributed by atoms with E-state index in [0.717, 1.165) is 31.5 Å². The first-order chi connectivity index (χ1) is 14.5. The highest BCUT2D eigenvalue weighted by atomic mass is 32.2. The number of ether oxygens (including phenoxy) is 1. The Morgan fingerprint density at radius 1 is 0.967 bits per heavy atom. The molecule has 0 aliphatic carbocycles. The molecule has 2 aromatic rings. The zero-order valence-corrected chi connectivity index (χ0v) is 17.9. The van der Waals surface area contributed by atoms with Gasteiger partial charge in [-0.25, -0.2) is 8.42 Å². The summed E-state index contributed by atoms with van der Waals surface area (Å²) < 4.78 is 33.5. The Balaban J connectivity index is 1.67. The Labute approximate surface area is 177 Å². The molecule has 1 amide bonds. The summed E-state index contributed by atoms with van der Waals surface area (Å²) in [7, 11) is -2.16. The van der Waals surface area contributed by atoms with Crippen LogP contribution in [0.3, 0.4) is 0 Å². The van der Waals surface area contributed by atoms with Crippen LogP contribution in [0.5, 0.6) is 5.75 Å². The van der Waals surface area contributed by atoms with Crippen LogP contribution in [0.15, 0.2) is 59.5 Å². The van der Waals surface area contributed by atoms with E-state index in [2.05, 4.69) is 4.90 Å². The van der Waals surface area contributed by atoms with Crippen molar-refractivity contribution in [2.75, 3.05) is 39.8 Å². The summed E-state index contributed by atoms with van der Waals surface area (Å²) >= 11 is 0. The van der Waals surface area contributed by atoms with Crippen LogP contribution in [0.4, 0.5) is 0 Å². The maximum atomic E-state index is 13.4. The fourth-order valence-electron chi connectivity index (χ4n) is 4.19. The SMILES string of the molecule is COc1ccc([C@H]2N(C(=O)CN3CCCC3)CCN2S(=O)(=O)c2ccccc2)cc1. The first-order valence-electron chi connectivity index (χ1n) is 10.2. The van der Waals surface area contributed by atoms with Crippen molar-refractivity contribution in [1.82, 2.24) is 14.1 Å². The molecule has 2 saturated heterocycles. The van der Waals surface area contributed by atoms with Gasteiger partial charge in [-0.15, -0.1) is 0 Å². The molecule has 1 atom stereocenters. The second-order valence-electron chi connectivity index (χ2n) is 7.65. The molecule has 2 heterocycles. The number of likely N-dealkylation sites (tertiary alicyclic amines) is 1. The van der Waals surface area contributed by atoms with Crippen molar-refractivity contribution in [3.8, 4) is 5.75 Å². The summed E-state index contributed by atoms with van der Waals surface area (Å²) in [5.74, 6) is 0.646. The van der Waals surface area contributed by atoms with Crippen molar-refractivity contribution in [2.45, 2.75) is 23.9 Å². The molecule has 4 rings (SSSR count). The lowest BCUT2D eigenvalue weighted by Crippen LogP contribution is -2.42. The van der Waals surface area contributed by atoms with Crippen LogP contribution in [-0.4, -0.2) is 68.3 Å².